The third-order valence-electron chi connectivity index (χ3n) is 7.99. The fourth-order valence-corrected chi connectivity index (χ4v) is 16.1. The van der Waals surface area contributed by atoms with Gasteiger partial charge in [-0.2, -0.15) is 0 Å². The third kappa shape index (κ3) is 5.34. The smallest absolute Gasteiger partial charge is 1.00 e. The molecule has 0 heterocycles. The molecule has 0 nitrogen and oxygen atoms in total. The number of aryl methyl sites for hydroxylation is 1. The van der Waals surface area contributed by atoms with Crippen LogP contribution >= 0.6 is 0 Å². The third-order valence-corrected chi connectivity index (χ3v) is 16.9. The molecular formula is C34H38Cl2Zr. The van der Waals surface area contributed by atoms with Gasteiger partial charge >= 0.3 is 221 Å². The Hall–Kier alpha value is -1.53. The molecule has 2 aliphatic carbocycles. The molecule has 5 rings (SSSR count). The Morgan fingerprint density at radius 3 is 1.81 bits per heavy atom. The van der Waals surface area contributed by atoms with Gasteiger partial charge in [0.1, 0.15) is 0 Å². The minimum absolute atomic E-state index is 0. The molecule has 0 N–H and O–H groups in total. The Kier molecular flexibility index (Phi) is 9.49. The second kappa shape index (κ2) is 11.7. The van der Waals surface area contributed by atoms with E-state index in [-0.39, 0.29) is 30.2 Å². The molecule has 0 radical (unpaired) electrons. The zero-order valence-corrected chi connectivity index (χ0v) is 27.1. The Balaban J connectivity index is 0.00000190. The van der Waals surface area contributed by atoms with Crippen LogP contribution in [0.3, 0.4) is 0 Å². The van der Waals surface area contributed by atoms with Gasteiger partial charge in [0.25, 0.3) is 0 Å². The average Bonchev–Trinajstić information content (AvgIpc) is 3.35. The Morgan fingerprint density at radius 2 is 1.32 bits per heavy atom. The Labute approximate surface area is 244 Å². The first-order valence-corrected chi connectivity index (χ1v) is 17.0. The van der Waals surface area contributed by atoms with E-state index in [1.54, 1.807) is 25.5 Å². The summed E-state index contributed by atoms with van der Waals surface area (Å²) >= 11 is -2.47. The Morgan fingerprint density at radius 1 is 0.811 bits per heavy atom. The molecule has 192 valence electrons. The molecule has 3 heteroatoms. The number of hydrogen-bond acceptors (Lipinski definition) is 0. The molecule has 3 aromatic rings. The van der Waals surface area contributed by atoms with Gasteiger partial charge in [0.05, 0.1) is 0 Å². The number of benzene rings is 3. The molecule has 0 amide bonds. The van der Waals surface area contributed by atoms with Crippen LogP contribution in [-0.4, -0.2) is 3.21 Å². The van der Waals surface area contributed by atoms with Crippen molar-refractivity contribution in [3.05, 3.63) is 116 Å². The van der Waals surface area contributed by atoms with Crippen molar-refractivity contribution in [2.45, 2.75) is 58.5 Å². The van der Waals surface area contributed by atoms with Gasteiger partial charge in [0, 0.05) is 0 Å². The summed E-state index contributed by atoms with van der Waals surface area (Å²) in [5, 5.41) is 0. The predicted molar refractivity (Wildman–Crippen MR) is 149 cm³/mol. The summed E-state index contributed by atoms with van der Waals surface area (Å²) in [5.74, 6) is 0.522. The topological polar surface area (TPSA) is 0 Å². The molecule has 0 saturated carbocycles. The second-order valence-electron chi connectivity index (χ2n) is 11.4. The van der Waals surface area contributed by atoms with Gasteiger partial charge in [0.2, 0.25) is 0 Å². The molecule has 2 aliphatic rings. The van der Waals surface area contributed by atoms with Crippen LogP contribution in [0.15, 0.2) is 93.3 Å². The number of hydrogen-bond donors (Lipinski definition) is 0. The van der Waals surface area contributed by atoms with Crippen LogP contribution in [0.1, 0.15) is 73.8 Å². The van der Waals surface area contributed by atoms with E-state index in [9.17, 15) is 0 Å². The molecule has 0 spiro atoms. The van der Waals surface area contributed by atoms with Crippen molar-refractivity contribution in [2.75, 3.05) is 0 Å². The fraction of sp³-hybridized carbons (Fsp3) is 0.324. The molecule has 1 atom stereocenters. The van der Waals surface area contributed by atoms with E-state index < -0.39 is 21.3 Å². The summed E-state index contributed by atoms with van der Waals surface area (Å²) < 4.78 is 4.03. The summed E-state index contributed by atoms with van der Waals surface area (Å²) in [5.41, 5.74) is 12.3. The molecule has 0 aliphatic heterocycles. The van der Waals surface area contributed by atoms with E-state index >= 15 is 0 Å². The van der Waals surface area contributed by atoms with Crippen molar-refractivity contribution < 1.29 is 46.1 Å². The zero-order chi connectivity index (χ0) is 24.9. The van der Waals surface area contributed by atoms with Crippen molar-refractivity contribution in [1.29, 1.82) is 0 Å². The summed E-state index contributed by atoms with van der Waals surface area (Å²) in [6.45, 7) is 16.7. The minimum atomic E-state index is -2.47. The standard InChI is InChI=1S/C13H9.C12H19.C9H10.2ClH.Zr/c1-3-7-12-10(5-1)9-11-6-2-4-8-13(11)12;1-6-10-7-9(2)8-11(10)12(3,4)5;1-3-9-6-4-8(2)5-7-9;;;/h1-9H;8-9H,6H2,1-5H3;4-7H,1-2H3;2*1H;/q;;;;;+2/p-2. The van der Waals surface area contributed by atoms with E-state index in [1.165, 1.54) is 22.3 Å². The maximum Gasteiger partial charge on any atom is -1.00 e. The molecule has 3 aromatic carbocycles. The largest absolute Gasteiger partial charge is 1.00 e. The average molecular weight is 609 g/mol. The Bertz CT molecular complexity index is 1340. The first-order valence-electron chi connectivity index (χ1n) is 13.1. The quantitative estimate of drug-likeness (QED) is 0.427. The van der Waals surface area contributed by atoms with Crippen molar-refractivity contribution >= 4 is 3.21 Å². The maximum atomic E-state index is 2.61. The molecule has 0 aromatic heterocycles. The van der Waals surface area contributed by atoms with Crippen molar-refractivity contribution in [3.63, 3.8) is 0 Å². The minimum Gasteiger partial charge on any atom is -1.00 e. The number of rotatable bonds is 4. The summed E-state index contributed by atoms with van der Waals surface area (Å²) in [7, 11) is 0. The van der Waals surface area contributed by atoms with Gasteiger partial charge in [-0.15, -0.1) is 0 Å². The van der Waals surface area contributed by atoms with Gasteiger partial charge in [-0.1, -0.05) is 0 Å². The van der Waals surface area contributed by atoms with Crippen LogP contribution in [0.4, 0.5) is 0 Å². The van der Waals surface area contributed by atoms with Gasteiger partial charge in [-0.3, -0.25) is 0 Å². The van der Waals surface area contributed by atoms with Gasteiger partial charge < -0.3 is 24.8 Å². The molecule has 1 unspecified atom stereocenters. The molecule has 0 fully saturated rings. The summed E-state index contributed by atoms with van der Waals surface area (Å²) in [4.78, 5) is 0. The van der Waals surface area contributed by atoms with Crippen molar-refractivity contribution in [1.82, 2.24) is 0 Å². The predicted octanol–water partition coefficient (Wildman–Crippen LogP) is 3.22. The maximum absolute atomic E-state index is 2.61. The van der Waals surface area contributed by atoms with E-state index in [4.69, 9.17) is 0 Å². The van der Waals surface area contributed by atoms with Crippen LogP contribution in [0, 0.1) is 18.3 Å². The monoisotopic (exact) mass is 606 g/mol. The van der Waals surface area contributed by atoms with Gasteiger partial charge in [-0.25, -0.2) is 0 Å². The van der Waals surface area contributed by atoms with Crippen LogP contribution in [0.25, 0.3) is 11.1 Å². The van der Waals surface area contributed by atoms with E-state index in [2.05, 4.69) is 127 Å². The second-order valence-corrected chi connectivity index (χ2v) is 18.0. The van der Waals surface area contributed by atoms with Crippen LogP contribution in [0.5, 0.6) is 0 Å². The fourth-order valence-electron chi connectivity index (χ4n) is 6.34. The van der Waals surface area contributed by atoms with Crippen LogP contribution in [0.2, 0.25) is 0 Å². The molecular weight excluding hydrogens is 571 g/mol. The zero-order valence-electron chi connectivity index (χ0n) is 23.1. The summed E-state index contributed by atoms with van der Waals surface area (Å²) in [6, 6.07) is 27.8. The molecule has 0 saturated heterocycles. The van der Waals surface area contributed by atoms with E-state index in [0.717, 1.165) is 6.42 Å². The van der Waals surface area contributed by atoms with E-state index in [1.807, 2.05) is 3.28 Å². The van der Waals surface area contributed by atoms with Gasteiger partial charge in [0.15, 0.2) is 0 Å². The van der Waals surface area contributed by atoms with Gasteiger partial charge in [-0.05, 0) is 0 Å². The molecule has 37 heavy (non-hydrogen) atoms. The van der Waals surface area contributed by atoms with Crippen LogP contribution < -0.4 is 24.8 Å². The van der Waals surface area contributed by atoms with E-state index in [0.29, 0.717) is 9.54 Å². The molecule has 0 bridgehead atoms. The van der Waals surface area contributed by atoms with Crippen LogP contribution in [-0.2, 0) is 21.3 Å². The summed E-state index contributed by atoms with van der Waals surface area (Å²) in [6.07, 6.45) is 3.74. The number of fused-ring (bicyclic) bond motifs is 3. The SMILES string of the molecule is CCC1=[C](/[Zr+2](=[C](\C)c2ccc(C)cc2)[CH]2c3ccccc3-c3ccccc32)C(C)C=C1C(C)(C)C.[Cl-].[Cl-]. The normalized spacial score (nSPS) is 16.9. The number of allylic oxidation sites excluding steroid dienone is 4. The number of halogens is 2. The van der Waals surface area contributed by atoms with Crippen molar-refractivity contribution in [2.24, 2.45) is 11.3 Å². The first kappa shape index (κ1) is 30.0. The van der Waals surface area contributed by atoms with Crippen molar-refractivity contribution in [3.8, 4) is 11.1 Å². The first-order chi connectivity index (χ1) is 16.7.